The molecule has 0 radical (unpaired) electrons. The quantitative estimate of drug-likeness (QED) is 0.632. The lowest BCUT2D eigenvalue weighted by molar-refractivity contribution is 0.103. The zero-order valence-electron chi connectivity index (χ0n) is 16.9. The number of carbonyl (C=O) groups is 1. The highest BCUT2D eigenvalue weighted by Gasteiger charge is 2.24. The third-order valence-corrected chi connectivity index (χ3v) is 5.09. The standard InChI is InChI=1S/C23H28N4O/c1-4-7-18-10-11-20(27-13-6-8-17(15-27)14-16(2)3)26-21(18)22(28)19-9-5-12-25-23(19)24/h5,9-12,16-17H,6,8,13-15H2,1-3H3,(H2,24,25)/t17-/m0/s1. The fraction of sp³-hybridized carbons (Fsp3) is 0.435. The predicted octanol–water partition coefficient (Wildman–Crippen LogP) is 3.92. The maximum atomic E-state index is 13.1. The van der Waals surface area contributed by atoms with E-state index in [0.29, 0.717) is 28.7 Å². The Bertz CT molecular complexity index is 910. The van der Waals surface area contributed by atoms with Crippen LogP contribution in [0.4, 0.5) is 11.6 Å². The first-order valence-electron chi connectivity index (χ1n) is 9.93. The number of aromatic nitrogens is 2. The molecule has 1 atom stereocenters. The van der Waals surface area contributed by atoms with Gasteiger partial charge in [-0.3, -0.25) is 4.79 Å². The van der Waals surface area contributed by atoms with Crippen molar-refractivity contribution in [1.29, 1.82) is 0 Å². The highest BCUT2D eigenvalue weighted by molar-refractivity contribution is 6.11. The van der Waals surface area contributed by atoms with Gasteiger partial charge in [-0.2, -0.15) is 0 Å². The van der Waals surface area contributed by atoms with Crippen molar-refractivity contribution in [3.8, 4) is 11.8 Å². The van der Waals surface area contributed by atoms with E-state index in [4.69, 9.17) is 10.7 Å². The van der Waals surface area contributed by atoms with Crippen LogP contribution in [-0.4, -0.2) is 28.8 Å². The van der Waals surface area contributed by atoms with E-state index in [0.717, 1.165) is 25.3 Å². The summed E-state index contributed by atoms with van der Waals surface area (Å²) in [6, 6.07) is 7.26. The Morgan fingerprint density at radius 3 is 2.89 bits per heavy atom. The first-order chi connectivity index (χ1) is 13.5. The molecule has 0 unspecified atom stereocenters. The lowest BCUT2D eigenvalue weighted by Gasteiger charge is -2.34. The maximum Gasteiger partial charge on any atom is 0.216 e. The number of hydrogen-bond acceptors (Lipinski definition) is 5. The molecule has 1 fully saturated rings. The van der Waals surface area contributed by atoms with Gasteiger partial charge in [0.25, 0.3) is 0 Å². The molecule has 3 heterocycles. The van der Waals surface area contributed by atoms with Gasteiger partial charge in [-0.25, -0.2) is 9.97 Å². The summed E-state index contributed by atoms with van der Waals surface area (Å²) in [5.41, 5.74) is 7.25. The van der Waals surface area contributed by atoms with Gasteiger partial charge in [0, 0.05) is 19.3 Å². The van der Waals surface area contributed by atoms with E-state index in [1.54, 1.807) is 25.3 Å². The van der Waals surface area contributed by atoms with Crippen LogP contribution in [-0.2, 0) is 0 Å². The number of anilines is 2. The SMILES string of the molecule is CC#Cc1ccc(N2CCC[C@@H](CC(C)C)C2)nc1C(=O)c1cccnc1N. The lowest BCUT2D eigenvalue weighted by atomic mass is 9.90. The molecule has 0 aliphatic carbocycles. The molecule has 1 saturated heterocycles. The van der Waals surface area contributed by atoms with E-state index in [9.17, 15) is 4.79 Å². The van der Waals surface area contributed by atoms with E-state index < -0.39 is 0 Å². The molecule has 2 aromatic heterocycles. The first kappa shape index (κ1) is 19.9. The maximum absolute atomic E-state index is 13.1. The lowest BCUT2D eigenvalue weighted by Crippen LogP contribution is -2.36. The van der Waals surface area contributed by atoms with Crippen LogP contribution >= 0.6 is 0 Å². The zero-order chi connectivity index (χ0) is 20.1. The number of ketones is 1. The van der Waals surface area contributed by atoms with E-state index in [2.05, 4.69) is 35.6 Å². The third-order valence-electron chi connectivity index (χ3n) is 5.09. The van der Waals surface area contributed by atoms with Crippen LogP contribution in [0.3, 0.4) is 0 Å². The molecule has 0 aromatic carbocycles. The van der Waals surface area contributed by atoms with Crippen molar-refractivity contribution in [3.63, 3.8) is 0 Å². The second kappa shape index (κ2) is 8.88. The van der Waals surface area contributed by atoms with Crippen LogP contribution in [0.1, 0.15) is 61.6 Å². The number of hydrogen-bond donors (Lipinski definition) is 1. The molecule has 0 spiro atoms. The van der Waals surface area contributed by atoms with Crippen molar-refractivity contribution in [1.82, 2.24) is 9.97 Å². The summed E-state index contributed by atoms with van der Waals surface area (Å²) in [7, 11) is 0. The Labute approximate surface area is 167 Å². The van der Waals surface area contributed by atoms with Crippen LogP contribution < -0.4 is 10.6 Å². The Balaban J connectivity index is 1.94. The summed E-state index contributed by atoms with van der Waals surface area (Å²) in [4.78, 5) is 24.2. The predicted molar refractivity (Wildman–Crippen MR) is 113 cm³/mol. The zero-order valence-corrected chi connectivity index (χ0v) is 16.9. The van der Waals surface area contributed by atoms with Gasteiger partial charge in [-0.15, -0.1) is 5.92 Å². The minimum Gasteiger partial charge on any atom is -0.383 e. The van der Waals surface area contributed by atoms with Gasteiger partial charge in [-0.1, -0.05) is 19.8 Å². The minimum absolute atomic E-state index is 0.213. The van der Waals surface area contributed by atoms with Gasteiger partial charge in [-0.05, 0) is 62.3 Å². The molecule has 146 valence electrons. The van der Waals surface area contributed by atoms with Crippen LogP contribution in [0.15, 0.2) is 30.5 Å². The van der Waals surface area contributed by atoms with Crippen molar-refractivity contribution in [2.75, 3.05) is 23.7 Å². The molecule has 2 aromatic rings. The van der Waals surface area contributed by atoms with Crippen LogP contribution in [0, 0.1) is 23.7 Å². The number of rotatable bonds is 5. The second-order valence-corrected chi connectivity index (χ2v) is 7.79. The average molecular weight is 377 g/mol. The van der Waals surface area contributed by atoms with E-state index in [1.807, 2.05) is 12.1 Å². The van der Waals surface area contributed by atoms with Crippen LogP contribution in [0.25, 0.3) is 0 Å². The number of carbonyl (C=O) groups excluding carboxylic acids is 1. The summed E-state index contributed by atoms with van der Waals surface area (Å²) in [6.07, 6.45) is 5.19. The van der Waals surface area contributed by atoms with Crippen molar-refractivity contribution < 1.29 is 4.79 Å². The number of nitrogens with zero attached hydrogens (tertiary/aromatic N) is 3. The molecular formula is C23H28N4O. The van der Waals surface area contributed by atoms with Gasteiger partial charge in [0.15, 0.2) is 0 Å². The summed E-state index contributed by atoms with van der Waals surface area (Å²) in [6.45, 7) is 8.23. The second-order valence-electron chi connectivity index (χ2n) is 7.79. The van der Waals surface area contributed by atoms with Crippen molar-refractivity contribution in [2.45, 2.75) is 40.0 Å². The Kier molecular flexibility index (Phi) is 6.30. The molecule has 3 rings (SSSR count). The molecule has 0 bridgehead atoms. The fourth-order valence-corrected chi connectivity index (χ4v) is 3.90. The summed E-state index contributed by atoms with van der Waals surface area (Å²) in [5, 5.41) is 0. The largest absolute Gasteiger partial charge is 0.383 e. The molecule has 1 aliphatic rings. The fourth-order valence-electron chi connectivity index (χ4n) is 3.90. The smallest absolute Gasteiger partial charge is 0.216 e. The molecule has 0 amide bonds. The Hall–Kier alpha value is -2.87. The summed E-state index contributed by atoms with van der Waals surface area (Å²) < 4.78 is 0. The molecule has 5 nitrogen and oxygen atoms in total. The minimum atomic E-state index is -0.235. The highest BCUT2D eigenvalue weighted by Crippen LogP contribution is 2.27. The highest BCUT2D eigenvalue weighted by atomic mass is 16.1. The van der Waals surface area contributed by atoms with Gasteiger partial charge >= 0.3 is 0 Å². The molecule has 28 heavy (non-hydrogen) atoms. The molecule has 0 saturated carbocycles. The van der Waals surface area contributed by atoms with Crippen LogP contribution in [0.2, 0.25) is 0 Å². The van der Waals surface area contributed by atoms with Crippen molar-refractivity contribution in [2.24, 2.45) is 11.8 Å². The van der Waals surface area contributed by atoms with E-state index >= 15 is 0 Å². The average Bonchev–Trinajstić information content (AvgIpc) is 2.68. The molecule has 1 aliphatic heterocycles. The number of nitrogen functional groups attached to an aromatic ring is 1. The number of piperidine rings is 1. The molecular weight excluding hydrogens is 348 g/mol. The Morgan fingerprint density at radius 1 is 1.36 bits per heavy atom. The van der Waals surface area contributed by atoms with Gasteiger partial charge < -0.3 is 10.6 Å². The molecule has 2 N–H and O–H groups in total. The van der Waals surface area contributed by atoms with E-state index in [1.165, 1.54) is 12.8 Å². The van der Waals surface area contributed by atoms with E-state index in [-0.39, 0.29) is 11.6 Å². The normalized spacial score (nSPS) is 16.6. The van der Waals surface area contributed by atoms with Crippen molar-refractivity contribution >= 4 is 17.4 Å². The van der Waals surface area contributed by atoms with Gasteiger partial charge in [0.2, 0.25) is 5.78 Å². The first-order valence-corrected chi connectivity index (χ1v) is 9.93. The summed E-state index contributed by atoms with van der Waals surface area (Å²) in [5.74, 6) is 8.03. The topological polar surface area (TPSA) is 72.1 Å². The Morgan fingerprint density at radius 2 is 2.18 bits per heavy atom. The van der Waals surface area contributed by atoms with Gasteiger partial charge in [0.1, 0.15) is 17.3 Å². The number of pyridine rings is 2. The van der Waals surface area contributed by atoms with Crippen molar-refractivity contribution in [3.05, 3.63) is 47.3 Å². The third kappa shape index (κ3) is 4.51. The number of nitrogens with two attached hydrogens (primary N) is 1. The van der Waals surface area contributed by atoms with Gasteiger partial charge in [0.05, 0.1) is 11.1 Å². The molecule has 5 heteroatoms. The van der Waals surface area contributed by atoms with Crippen LogP contribution in [0.5, 0.6) is 0 Å². The monoisotopic (exact) mass is 376 g/mol. The summed E-state index contributed by atoms with van der Waals surface area (Å²) >= 11 is 0.